The lowest BCUT2D eigenvalue weighted by atomic mass is 10.0. The lowest BCUT2D eigenvalue weighted by Crippen LogP contribution is -2.33. The van der Waals surface area contributed by atoms with Gasteiger partial charge < -0.3 is 14.8 Å². The average Bonchev–Trinajstić information content (AvgIpc) is 3.03. The summed E-state index contributed by atoms with van der Waals surface area (Å²) in [6.07, 6.45) is 0. The third-order valence-corrected chi connectivity index (χ3v) is 5.23. The summed E-state index contributed by atoms with van der Waals surface area (Å²) in [5.41, 5.74) is 1.23. The number of para-hydroxylation sites is 1. The van der Waals surface area contributed by atoms with Gasteiger partial charge in [-0.3, -0.25) is 9.59 Å². The van der Waals surface area contributed by atoms with E-state index in [1.165, 1.54) is 14.2 Å². The number of anilines is 2. The predicted octanol–water partition coefficient (Wildman–Crippen LogP) is 4.69. The number of amides is 2. The fraction of sp³-hybridized carbons (Fsp3) is 0.120. The minimum absolute atomic E-state index is 0.00951. The van der Waals surface area contributed by atoms with E-state index in [1.807, 2.05) is 13.0 Å². The minimum atomic E-state index is -1.04. The molecule has 1 heterocycles. The third kappa shape index (κ3) is 3.91. The summed E-state index contributed by atoms with van der Waals surface area (Å²) >= 11 is 0. The molecule has 0 spiro atoms. The topological polar surface area (TPSA) is 67.9 Å². The fourth-order valence-electron chi connectivity index (χ4n) is 3.68. The molecule has 0 radical (unpaired) electrons. The van der Waals surface area contributed by atoms with Gasteiger partial charge in [0.25, 0.3) is 11.8 Å². The van der Waals surface area contributed by atoms with Gasteiger partial charge in [-0.05, 0) is 42.8 Å². The Labute approximate surface area is 189 Å². The number of rotatable bonds is 6. The Hall–Kier alpha value is -4.20. The summed E-state index contributed by atoms with van der Waals surface area (Å²) in [5, 5.41) is 3.00. The quantitative estimate of drug-likeness (QED) is 0.552. The van der Waals surface area contributed by atoms with Crippen LogP contribution in [0.1, 0.15) is 11.1 Å². The van der Waals surface area contributed by atoms with Crippen molar-refractivity contribution in [1.29, 1.82) is 0 Å². The Balaban J connectivity index is 1.91. The van der Waals surface area contributed by atoms with Crippen molar-refractivity contribution in [3.8, 4) is 11.5 Å². The number of halogens is 2. The van der Waals surface area contributed by atoms with E-state index in [-0.39, 0.29) is 17.0 Å². The number of hydrogen-bond acceptors (Lipinski definition) is 5. The van der Waals surface area contributed by atoms with Gasteiger partial charge >= 0.3 is 0 Å². The van der Waals surface area contributed by atoms with Gasteiger partial charge in [0.2, 0.25) is 0 Å². The number of aryl methyl sites for hydroxylation is 1. The van der Waals surface area contributed by atoms with Crippen LogP contribution in [0.5, 0.6) is 11.5 Å². The van der Waals surface area contributed by atoms with Crippen LogP contribution in [-0.2, 0) is 9.59 Å². The highest BCUT2D eigenvalue weighted by molar-refractivity contribution is 6.46. The smallest absolute Gasteiger partial charge is 0.282 e. The van der Waals surface area contributed by atoms with Crippen molar-refractivity contribution in [2.75, 3.05) is 24.4 Å². The van der Waals surface area contributed by atoms with Crippen molar-refractivity contribution in [2.45, 2.75) is 6.92 Å². The summed E-state index contributed by atoms with van der Waals surface area (Å²) < 4.78 is 38.8. The Morgan fingerprint density at radius 3 is 2.27 bits per heavy atom. The van der Waals surface area contributed by atoms with E-state index in [9.17, 15) is 18.4 Å². The second-order valence-corrected chi connectivity index (χ2v) is 7.32. The number of ether oxygens (including phenoxy) is 2. The van der Waals surface area contributed by atoms with E-state index in [2.05, 4.69) is 5.32 Å². The molecule has 3 aromatic rings. The summed E-state index contributed by atoms with van der Waals surface area (Å²) in [4.78, 5) is 27.7. The van der Waals surface area contributed by atoms with Crippen molar-refractivity contribution < 1.29 is 27.8 Å². The van der Waals surface area contributed by atoms with E-state index in [0.29, 0.717) is 33.7 Å². The molecule has 1 N–H and O–H groups in total. The summed E-state index contributed by atoms with van der Waals surface area (Å²) in [5.74, 6) is -2.63. The number of nitrogens with zero attached hydrogens (tertiary/aromatic N) is 1. The molecule has 0 atom stereocenters. The van der Waals surface area contributed by atoms with Crippen molar-refractivity contribution in [3.05, 3.63) is 89.1 Å². The van der Waals surface area contributed by atoms with Crippen LogP contribution in [0.4, 0.5) is 20.2 Å². The third-order valence-electron chi connectivity index (χ3n) is 5.23. The predicted molar refractivity (Wildman–Crippen MR) is 120 cm³/mol. The number of nitrogens with one attached hydrogen (secondary N) is 1. The molecule has 0 fully saturated rings. The van der Waals surface area contributed by atoms with Gasteiger partial charge in [-0.15, -0.1) is 0 Å². The van der Waals surface area contributed by atoms with Crippen molar-refractivity contribution >= 4 is 28.8 Å². The molecule has 4 rings (SSSR count). The highest BCUT2D eigenvalue weighted by Crippen LogP contribution is 2.39. The summed E-state index contributed by atoms with van der Waals surface area (Å²) in [6, 6.07) is 14.6. The largest absolute Gasteiger partial charge is 0.496 e. The van der Waals surface area contributed by atoms with E-state index in [0.717, 1.165) is 17.7 Å². The standard InChI is InChI=1S/C25H20F2N2O4/c1-14-8-11-21(33-3)18(12-14)28-23-22(16-6-4-5-7-20(16)32-2)24(30)29(25(23)31)19-10-9-15(26)13-17(19)27/h4-13,28H,1-3H3. The molecule has 2 amide bonds. The lowest BCUT2D eigenvalue weighted by Gasteiger charge is -2.17. The fourth-order valence-corrected chi connectivity index (χ4v) is 3.68. The van der Waals surface area contributed by atoms with Crippen LogP contribution in [0.15, 0.2) is 66.4 Å². The number of benzene rings is 3. The molecule has 33 heavy (non-hydrogen) atoms. The molecule has 0 saturated carbocycles. The number of carbonyl (C=O) groups is 2. The van der Waals surface area contributed by atoms with E-state index in [4.69, 9.17) is 9.47 Å². The van der Waals surface area contributed by atoms with Crippen molar-refractivity contribution in [1.82, 2.24) is 0 Å². The zero-order valence-electron chi connectivity index (χ0n) is 18.1. The molecule has 0 aliphatic carbocycles. The number of methoxy groups -OCH3 is 2. The molecule has 168 valence electrons. The first-order valence-electron chi connectivity index (χ1n) is 9.99. The normalized spacial score (nSPS) is 13.5. The first kappa shape index (κ1) is 22.0. The maximum absolute atomic E-state index is 14.6. The lowest BCUT2D eigenvalue weighted by molar-refractivity contribution is -0.120. The van der Waals surface area contributed by atoms with E-state index in [1.54, 1.807) is 36.4 Å². The number of carbonyl (C=O) groups excluding carboxylic acids is 2. The maximum Gasteiger partial charge on any atom is 0.282 e. The molecule has 0 aromatic heterocycles. The van der Waals surface area contributed by atoms with Crippen LogP contribution in [-0.4, -0.2) is 26.0 Å². The molecule has 0 saturated heterocycles. The molecule has 0 bridgehead atoms. The first-order valence-corrected chi connectivity index (χ1v) is 9.99. The van der Waals surface area contributed by atoms with Crippen molar-refractivity contribution in [3.63, 3.8) is 0 Å². The van der Waals surface area contributed by atoms with E-state index >= 15 is 0 Å². The average molecular weight is 450 g/mol. The summed E-state index contributed by atoms with van der Waals surface area (Å²) in [6.45, 7) is 1.86. The summed E-state index contributed by atoms with van der Waals surface area (Å²) in [7, 11) is 2.92. The maximum atomic E-state index is 14.6. The Kier molecular flexibility index (Phi) is 5.83. The highest BCUT2D eigenvalue weighted by atomic mass is 19.1. The zero-order valence-corrected chi connectivity index (χ0v) is 18.1. The SMILES string of the molecule is COc1ccc(C)cc1NC1=C(c2ccccc2OC)C(=O)N(c2ccc(F)cc2F)C1=O. The second-order valence-electron chi connectivity index (χ2n) is 7.32. The molecule has 3 aromatic carbocycles. The second kappa shape index (κ2) is 8.74. The molecular formula is C25H20F2N2O4. The number of hydrogen-bond donors (Lipinski definition) is 1. The van der Waals surface area contributed by atoms with Crippen molar-refractivity contribution in [2.24, 2.45) is 0 Å². The molecule has 8 heteroatoms. The molecule has 6 nitrogen and oxygen atoms in total. The van der Waals surface area contributed by atoms with Gasteiger partial charge in [-0.1, -0.05) is 24.3 Å². The highest BCUT2D eigenvalue weighted by Gasteiger charge is 2.42. The monoisotopic (exact) mass is 450 g/mol. The van der Waals surface area contributed by atoms with Crippen LogP contribution >= 0.6 is 0 Å². The minimum Gasteiger partial charge on any atom is -0.496 e. The molecule has 1 aliphatic heterocycles. The van der Waals surface area contributed by atoms with E-state index < -0.39 is 23.4 Å². The van der Waals surface area contributed by atoms with Crippen LogP contribution in [0.3, 0.4) is 0 Å². The molecule has 1 aliphatic rings. The first-order chi connectivity index (χ1) is 15.8. The zero-order chi connectivity index (χ0) is 23.7. The van der Waals surface area contributed by atoms with Gasteiger partial charge in [-0.2, -0.15) is 0 Å². The Morgan fingerprint density at radius 2 is 1.58 bits per heavy atom. The van der Waals surface area contributed by atoms with Gasteiger partial charge in [0.1, 0.15) is 28.8 Å². The van der Waals surface area contributed by atoms with Crippen LogP contribution < -0.4 is 19.7 Å². The van der Waals surface area contributed by atoms with Gasteiger partial charge in [0, 0.05) is 11.6 Å². The Bertz CT molecular complexity index is 1300. The van der Waals surface area contributed by atoms with Gasteiger partial charge in [0.15, 0.2) is 0 Å². The van der Waals surface area contributed by atoms with Crippen LogP contribution in [0.2, 0.25) is 0 Å². The Morgan fingerprint density at radius 1 is 0.848 bits per heavy atom. The van der Waals surface area contributed by atoms with Crippen LogP contribution in [0, 0.1) is 18.6 Å². The van der Waals surface area contributed by atoms with Gasteiger partial charge in [0.05, 0.1) is 31.2 Å². The molecule has 0 unspecified atom stereocenters. The number of imide groups is 1. The van der Waals surface area contributed by atoms with Gasteiger partial charge in [-0.25, -0.2) is 13.7 Å². The van der Waals surface area contributed by atoms with Crippen LogP contribution in [0.25, 0.3) is 5.57 Å². The molecular weight excluding hydrogens is 430 g/mol.